The van der Waals surface area contributed by atoms with Gasteiger partial charge < -0.3 is 5.11 Å². The van der Waals surface area contributed by atoms with E-state index in [2.05, 4.69) is 32.2 Å². The van der Waals surface area contributed by atoms with Crippen LogP contribution in [0.15, 0.2) is 0 Å². The summed E-state index contributed by atoms with van der Waals surface area (Å²) in [6.45, 7) is 2.22. The van der Waals surface area contributed by atoms with E-state index >= 15 is 0 Å². The summed E-state index contributed by atoms with van der Waals surface area (Å²) in [6.07, 6.45) is 0. The number of rotatable bonds is 5. The van der Waals surface area contributed by atoms with Gasteiger partial charge >= 0.3 is 0 Å². The monoisotopic (exact) mass is 198 g/mol. The fourth-order valence-electron chi connectivity index (χ4n) is 0.427. The van der Waals surface area contributed by atoms with Gasteiger partial charge in [-0.25, -0.2) is 0 Å². The van der Waals surface area contributed by atoms with Crippen molar-refractivity contribution in [1.82, 2.24) is 0 Å². The molecule has 0 aliphatic rings. The second kappa shape index (κ2) is 6.70. The Morgan fingerprint density at radius 2 is 2.00 bits per heavy atom. The van der Waals surface area contributed by atoms with E-state index in [0.717, 1.165) is 11.5 Å². The summed E-state index contributed by atoms with van der Waals surface area (Å²) >= 11 is 10.1. The Labute approximate surface area is 77.8 Å². The van der Waals surface area contributed by atoms with Crippen LogP contribution in [-0.2, 0) is 0 Å². The lowest BCUT2D eigenvalue weighted by Crippen LogP contribution is -2.09. The molecule has 0 bridgehead atoms. The Morgan fingerprint density at radius 1 is 1.40 bits per heavy atom. The molecule has 1 nitrogen and oxygen atoms in total. The molecule has 10 heavy (non-hydrogen) atoms. The Hall–Kier alpha value is 1.01. The van der Waals surface area contributed by atoms with Crippen LogP contribution in [0, 0.1) is 0 Å². The fraction of sp³-hybridized carbons (Fsp3) is 1.00. The predicted molar refractivity (Wildman–Crippen MR) is 55.6 cm³/mol. The second-order valence-electron chi connectivity index (χ2n) is 2.22. The summed E-state index contributed by atoms with van der Waals surface area (Å²) in [4.78, 5) is 0. The van der Waals surface area contributed by atoms with E-state index in [-0.39, 0.29) is 11.9 Å². The third kappa shape index (κ3) is 7.12. The lowest BCUT2D eigenvalue weighted by atomic mass is 10.5. The molecule has 0 aromatic carbocycles. The van der Waals surface area contributed by atoms with Crippen LogP contribution in [0.3, 0.4) is 0 Å². The lowest BCUT2D eigenvalue weighted by molar-refractivity contribution is 0.302. The van der Waals surface area contributed by atoms with Gasteiger partial charge in [0.25, 0.3) is 0 Å². The van der Waals surface area contributed by atoms with E-state index in [1.165, 1.54) is 0 Å². The minimum atomic E-state index is 0.122. The molecular formula is C6H14OS3. The molecule has 0 heterocycles. The van der Waals surface area contributed by atoms with Crippen molar-refractivity contribution in [3.8, 4) is 0 Å². The minimum Gasteiger partial charge on any atom is -0.395 e. The highest BCUT2D eigenvalue weighted by atomic mass is 32.2. The van der Waals surface area contributed by atoms with Gasteiger partial charge in [0, 0.05) is 22.0 Å². The van der Waals surface area contributed by atoms with Gasteiger partial charge in [-0.1, -0.05) is 6.92 Å². The average molecular weight is 198 g/mol. The third-order valence-corrected chi connectivity index (χ3v) is 3.28. The first-order valence-corrected chi connectivity index (χ1v) is 5.40. The standard InChI is InChI=1S/C6H14OS3/c1-5(8)3-10-4-6(9)2-7/h5-9H,2-4H2,1H3. The summed E-state index contributed by atoms with van der Waals surface area (Å²) in [5, 5.41) is 9.15. The summed E-state index contributed by atoms with van der Waals surface area (Å²) in [7, 11) is 0. The smallest absolute Gasteiger partial charge is 0.0555 e. The molecule has 2 unspecified atom stereocenters. The van der Waals surface area contributed by atoms with Crippen molar-refractivity contribution in [2.45, 2.75) is 17.4 Å². The van der Waals surface area contributed by atoms with Crippen LogP contribution in [0.4, 0.5) is 0 Å². The molecule has 4 heteroatoms. The predicted octanol–water partition coefficient (Wildman–Crippen LogP) is 1.33. The number of hydrogen-bond donors (Lipinski definition) is 3. The maximum atomic E-state index is 8.59. The molecule has 0 aromatic heterocycles. The van der Waals surface area contributed by atoms with E-state index < -0.39 is 0 Å². The zero-order valence-electron chi connectivity index (χ0n) is 6.03. The van der Waals surface area contributed by atoms with Crippen LogP contribution in [-0.4, -0.2) is 33.7 Å². The third-order valence-electron chi connectivity index (χ3n) is 0.880. The molecule has 0 spiro atoms. The molecule has 1 N–H and O–H groups in total. The van der Waals surface area contributed by atoms with Crippen LogP contribution in [0.2, 0.25) is 0 Å². The van der Waals surface area contributed by atoms with E-state index in [4.69, 9.17) is 5.11 Å². The van der Waals surface area contributed by atoms with Gasteiger partial charge in [-0.05, 0) is 0 Å². The molecule has 0 saturated heterocycles. The first-order chi connectivity index (χ1) is 4.66. The van der Waals surface area contributed by atoms with Crippen LogP contribution < -0.4 is 0 Å². The maximum Gasteiger partial charge on any atom is 0.0555 e. The van der Waals surface area contributed by atoms with Gasteiger partial charge in [0.15, 0.2) is 0 Å². The molecule has 0 aliphatic heterocycles. The molecule has 0 radical (unpaired) electrons. The number of aliphatic hydroxyl groups excluding tert-OH is 1. The zero-order chi connectivity index (χ0) is 7.98. The van der Waals surface area contributed by atoms with E-state index in [1.54, 1.807) is 11.8 Å². The van der Waals surface area contributed by atoms with Crippen molar-refractivity contribution < 1.29 is 5.11 Å². The quantitative estimate of drug-likeness (QED) is 0.580. The fourth-order valence-corrected chi connectivity index (χ4v) is 1.91. The molecule has 0 rings (SSSR count). The topological polar surface area (TPSA) is 20.2 Å². The summed E-state index contributed by atoms with van der Waals surface area (Å²) in [5.74, 6) is 1.94. The van der Waals surface area contributed by atoms with Crippen LogP contribution >= 0.6 is 37.0 Å². The zero-order valence-corrected chi connectivity index (χ0v) is 8.63. The van der Waals surface area contributed by atoms with E-state index in [0.29, 0.717) is 5.25 Å². The lowest BCUT2D eigenvalue weighted by Gasteiger charge is -2.07. The molecule has 0 saturated carbocycles. The Kier molecular flexibility index (Phi) is 7.38. The van der Waals surface area contributed by atoms with Gasteiger partial charge in [0.2, 0.25) is 0 Å². The number of aliphatic hydroxyl groups is 1. The molecule has 62 valence electrons. The SMILES string of the molecule is CC(S)CSCC(S)CO. The number of hydrogen-bond acceptors (Lipinski definition) is 4. The number of thiol groups is 2. The highest BCUT2D eigenvalue weighted by molar-refractivity contribution is 8.00. The van der Waals surface area contributed by atoms with Crippen molar-refractivity contribution in [3.05, 3.63) is 0 Å². The van der Waals surface area contributed by atoms with Crippen LogP contribution in [0.25, 0.3) is 0 Å². The van der Waals surface area contributed by atoms with Crippen LogP contribution in [0.5, 0.6) is 0 Å². The van der Waals surface area contributed by atoms with E-state index in [9.17, 15) is 0 Å². The number of thioether (sulfide) groups is 1. The van der Waals surface area contributed by atoms with Crippen molar-refractivity contribution in [2.75, 3.05) is 18.1 Å². The second-order valence-corrected chi connectivity index (χ2v) is 4.91. The molecule has 0 aromatic rings. The van der Waals surface area contributed by atoms with Crippen molar-refractivity contribution in [1.29, 1.82) is 0 Å². The Morgan fingerprint density at radius 3 is 2.40 bits per heavy atom. The summed E-state index contributed by atoms with van der Waals surface area (Å²) < 4.78 is 0. The first-order valence-electron chi connectivity index (χ1n) is 3.21. The van der Waals surface area contributed by atoms with Crippen molar-refractivity contribution in [3.63, 3.8) is 0 Å². The Bertz CT molecular complexity index is 77.4. The van der Waals surface area contributed by atoms with Gasteiger partial charge in [-0.3, -0.25) is 0 Å². The minimum absolute atomic E-state index is 0.122. The maximum absolute atomic E-state index is 8.59. The highest BCUT2D eigenvalue weighted by Gasteiger charge is 2.01. The first kappa shape index (κ1) is 11.0. The van der Waals surface area contributed by atoms with Gasteiger partial charge in [0.1, 0.15) is 0 Å². The van der Waals surface area contributed by atoms with Crippen molar-refractivity contribution in [2.24, 2.45) is 0 Å². The molecule has 0 fully saturated rings. The molecule has 0 aliphatic carbocycles. The normalized spacial score (nSPS) is 16.8. The van der Waals surface area contributed by atoms with E-state index in [1.807, 2.05) is 0 Å². The van der Waals surface area contributed by atoms with Crippen molar-refractivity contribution >= 4 is 37.0 Å². The summed E-state index contributed by atoms with van der Waals surface area (Å²) in [5.41, 5.74) is 0. The van der Waals surface area contributed by atoms with Gasteiger partial charge in [0.05, 0.1) is 6.61 Å². The average Bonchev–Trinajstić information content (AvgIpc) is 1.87. The summed E-state index contributed by atoms with van der Waals surface area (Å²) in [6, 6.07) is 0. The molecule has 0 amide bonds. The molecular weight excluding hydrogens is 184 g/mol. The highest BCUT2D eigenvalue weighted by Crippen LogP contribution is 2.10. The van der Waals surface area contributed by atoms with Gasteiger partial charge in [-0.2, -0.15) is 37.0 Å². The van der Waals surface area contributed by atoms with Gasteiger partial charge in [-0.15, -0.1) is 0 Å². The van der Waals surface area contributed by atoms with Crippen LogP contribution in [0.1, 0.15) is 6.92 Å². The largest absolute Gasteiger partial charge is 0.395 e. The molecule has 2 atom stereocenters. The Balaban J connectivity index is 3.03.